The maximum Gasteiger partial charge on any atom is 0.573 e. The first-order valence-corrected chi connectivity index (χ1v) is 33.0. The average Bonchev–Trinajstić information content (AvgIpc) is 1.25. The molecule has 0 bridgehead atoms. The van der Waals surface area contributed by atoms with Crippen molar-refractivity contribution >= 4 is 40.8 Å². The first-order chi connectivity index (χ1) is 50.7. The third kappa shape index (κ3) is 25.0. The lowest BCUT2D eigenvalue weighted by molar-refractivity contribution is -0.275. The van der Waals surface area contributed by atoms with Crippen LogP contribution in [0, 0.1) is 17.8 Å². The predicted octanol–water partition coefficient (Wildman–Crippen LogP) is 10.7. The van der Waals surface area contributed by atoms with Crippen LogP contribution < -0.4 is 34.6 Å². The van der Waals surface area contributed by atoms with Gasteiger partial charge in [-0.3, -0.25) is 9.59 Å². The molecule has 12 rings (SSSR count). The summed E-state index contributed by atoms with van der Waals surface area (Å²) < 4.78 is 138. The lowest BCUT2D eigenvalue weighted by Crippen LogP contribution is -2.22. The summed E-state index contributed by atoms with van der Waals surface area (Å²) in [6.07, 6.45) is -7.26. The molecule has 35 heteroatoms. The number of Topliss-reactive ketones (excluding diaryl/α,β-unsaturated/α-hetero) is 2. The van der Waals surface area contributed by atoms with Crippen LogP contribution in [0.3, 0.4) is 0 Å². The Kier molecular flexibility index (Phi) is 27.9. The van der Waals surface area contributed by atoms with Gasteiger partial charge in [0.05, 0.1) is 41.3 Å². The zero-order chi connectivity index (χ0) is 75.8. The molecule has 3 aromatic carbocycles. The van der Waals surface area contributed by atoms with E-state index >= 15 is 0 Å². The molecule has 6 atom stereocenters. The molecule has 1 unspecified atom stereocenters. The number of hydrogen-bond acceptors (Lipinski definition) is 25. The van der Waals surface area contributed by atoms with Gasteiger partial charge >= 0.3 is 25.1 Å². The van der Waals surface area contributed by atoms with Gasteiger partial charge in [0.2, 0.25) is 0 Å². The van der Waals surface area contributed by atoms with Gasteiger partial charge in [-0.05, 0) is 182 Å². The Balaban J connectivity index is 0.000000171. The van der Waals surface area contributed by atoms with Gasteiger partial charge in [-0.2, -0.15) is 40.8 Å². The average molecular weight is 1480 g/mol. The highest BCUT2D eigenvalue weighted by Gasteiger charge is 2.35. The molecule has 6 aromatic heterocycles. The van der Waals surface area contributed by atoms with Crippen LogP contribution in [-0.4, -0.2) is 164 Å². The number of rotatable bonds is 25. The second-order valence-electron chi connectivity index (χ2n) is 24.5. The van der Waals surface area contributed by atoms with E-state index in [9.17, 15) is 53.9 Å². The molecular weight excluding hydrogens is 1410 g/mol. The van der Waals surface area contributed by atoms with Crippen LogP contribution in [0.25, 0.3) is 0 Å². The van der Waals surface area contributed by atoms with Gasteiger partial charge in [0.15, 0.2) is 35.1 Å². The zero-order valence-corrected chi connectivity index (χ0v) is 57.3. The molecule has 0 amide bonds. The number of ether oxygens (including phenoxy) is 6. The normalized spacial score (nSPS) is 16.6. The van der Waals surface area contributed by atoms with Gasteiger partial charge in [0.1, 0.15) is 35.3 Å². The SMILES string of the molecule is COC(C(=O)O)c1cccc(OC(F)(F)F)c1.CO[C@@H](C(=O)Cc1ccc(N2CC[C@@H](Cc3cccnn3)C2)nn1)c1cccc(OC(F)(F)F)c1.CO[C@H](C(=O)Cc1ccc(N2CC[C@@H](Cc3cccnn3)C2)nn1)c1cccc(OC(F)(F)F)c1.Nc1ccc(N2CC[C@@H](Cc3cccnn3)C2)nn1. The summed E-state index contributed by atoms with van der Waals surface area (Å²) in [5.74, 6) is 0.943. The number of carbonyl (C=O) groups is 3. The summed E-state index contributed by atoms with van der Waals surface area (Å²) in [6, 6.07) is 37.5. The molecule has 0 saturated carbocycles. The fraction of sp³-hybridized carbons (Fsp3) is 0.366. The number of nitrogens with zero attached hydrogens (tertiary/aromatic N) is 15. The van der Waals surface area contributed by atoms with E-state index in [1.807, 2.05) is 54.6 Å². The molecule has 0 radical (unpaired) electrons. The van der Waals surface area contributed by atoms with Crippen molar-refractivity contribution in [3.05, 3.63) is 209 Å². The van der Waals surface area contributed by atoms with Crippen molar-refractivity contribution in [3.63, 3.8) is 0 Å². The van der Waals surface area contributed by atoms with E-state index in [1.54, 1.807) is 36.8 Å². The van der Waals surface area contributed by atoms with E-state index in [1.165, 1.54) is 50.6 Å². The van der Waals surface area contributed by atoms with Gasteiger partial charge < -0.3 is 54.0 Å². The maximum absolute atomic E-state index is 12.8. The Morgan fingerprint density at radius 3 is 1.03 bits per heavy atom. The van der Waals surface area contributed by atoms with Gasteiger partial charge in [-0.1, -0.05) is 36.4 Å². The Bertz CT molecular complexity index is 4050. The number of hydrogen-bond donors (Lipinski definition) is 2. The number of anilines is 4. The van der Waals surface area contributed by atoms with Crippen LogP contribution in [0.15, 0.2) is 164 Å². The van der Waals surface area contributed by atoms with E-state index in [0.717, 1.165) is 156 Å². The number of carboxylic acid groups (broad SMARTS) is 1. The summed E-state index contributed by atoms with van der Waals surface area (Å²) in [5, 5.41) is 57.9. The van der Waals surface area contributed by atoms with Crippen molar-refractivity contribution in [2.75, 3.05) is 81.0 Å². The Morgan fingerprint density at radius 1 is 0.425 bits per heavy atom. The van der Waals surface area contributed by atoms with Gasteiger partial charge in [-0.15, -0.1) is 59.9 Å². The number of aliphatic carboxylic acids is 1. The van der Waals surface area contributed by atoms with E-state index in [0.29, 0.717) is 35.0 Å². The molecular formula is C71H73F9N16O10. The van der Waals surface area contributed by atoms with Crippen molar-refractivity contribution < 1.29 is 87.4 Å². The number of nitrogens with two attached hydrogens (primary N) is 1. The summed E-state index contributed by atoms with van der Waals surface area (Å²) in [7, 11) is 3.79. The van der Waals surface area contributed by atoms with Crippen LogP contribution >= 0.6 is 0 Å². The Morgan fingerprint density at radius 2 is 0.755 bits per heavy atom. The Hall–Kier alpha value is -11.2. The first kappa shape index (κ1) is 78.9. The number of carboxylic acids is 1. The van der Waals surface area contributed by atoms with Crippen molar-refractivity contribution in [2.45, 2.75) is 88.8 Å². The van der Waals surface area contributed by atoms with E-state index < -0.39 is 60.6 Å². The fourth-order valence-corrected chi connectivity index (χ4v) is 12.0. The minimum Gasteiger partial charge on any atom is -0.479 e. The number of carbonyl (C=O) groups excluding carboxylic acids is 2. The molecule has 26 nitrogen and oxygen atoms in total. The lowest BCUT2D eigenvalue weighted by Gasteiger charge is -2.18. The van der Waals surface area contributed by atoms with Crippen LogP contribution in [-0.2, 0) is 60.7 Å². The van der Waals surface area contributed by atoms with E-state index in [2.05, 4.69) is 94.8 Å². The van der Waals surface area contributed by atoms with Crippen LogP contribution in [0.1, 0.15) is 82.7 Å². The largest absolute Gasteiger partial charge is 0.573 e. The third-order valence-corrected chi connectivity index (χ3v) is 16.7. The molecule has 106 heavy (non-hydrogen) atoms. The highest BCUT2D eigenvalue weighted by molar-refractivity contribution is 5.87. The number of halogens is 9. The summed E-state index contributed by atoms with van der Waals surface area (Å²) in [6.45, 7) is 5.33. The smallest absolute Gasteiger partial charge is 0.479 e. The highest BCUT2D eigenvalue weighted by Crippen LogP contribution is 2.33. The number of benzene rings is 3. The number of nitrogen functional groups attached to an aromatic ring is 1. The molecule has 0 aliphatic carbocycles. The molecule has 560 valence electrons. The monoisotopic (exact) mass is 1480 g/mol. The minimum absolute atomic E-state index is 0.0711. The second-order valence-corrected chi connectivity index (χ2v) is 24.5. The molecule has 9 aromatic rings. The van der Waals surface area contributed by atoms with Crippen molar-refractivity contribution in [3.8, 4) is 17.2 Å². The quantitative estimate of drug-likeness (QED) is 0.0502. The minimum atomic E-state index is -4.83. The topological polar surface area (TPSA) is 317 Å². The summed E-state index contributed by atoms with van der Waals surface area (Å²) in [4.78, 5) is 42.9. The lowest BCUT2D eigenvalue weighted by atomic mass is 10.0. The molecule has 3 aliphatic heterocycles. The molecule has 3 fully saturated rings. The zero-order valence-electron chi connectivity index (χ0n) is 57.3. The van der Waals surface area contributed by atoms with E-state index in [4.69, 9.17) is 20.3 Å². The molecule has 0 spiro atoms. The standard InChI is InChI=1S/2C24H24F3N5O3.C13H16N6.C10H9F3O4/c2*1-34-23(17-4-2-6-20(13-17)35-24(25,26)27)21(33)14-19-7-8-22(31-30-19)32-11-9-16(15-32)12-18-5-3-10-28-29-18;14-12-3-4-13(18-17-12)19-7-5-10(9-19)8-11-2-1-6-15-16-11;1-16-8(9(14)15)6-3-2-4-7(5-6)17-10(11,12)13/h2*2-8,10,13,16,23H,9,11-12,14-15H2,1H3;1-4,6,10H,5,7-9H2,(H2,14,17);2-5,8H,1H3,(H,14,15)/t16-,23+;16-,23-;10-;/m000./s1. The van der Waals surface area contributed by atoms with Crippen molar-refractivity contribution in [1.82, 2.24) is 61.2 Å². The first-order valence-electron chi connectivity index (χ1n) is 33.0. The van der Waals surface area contributed by atoms with Crippen molar-refractivity contribution in [2.24, 2.45) is 17.8 Å². The van der Waals surface area contributed by atoms with Crippen LogP contribution in [0.5, 0.6) is 17.2 Å². The van der Waals surface area contributed by atoms with Gasteiger partial charge in [-0.25, -0.2) is 4.79 Å². The summed E-state index contributed by atoms with van der Waals surface area (Å²) >= 11 is 0. The molecule has 3 aliphatic rings. The van der Waals surface area contributed by atoms with Crippen LogP contribution in [0.2, 0.25) is 0 Å². The number of ketones is 2. The molecule has 3 saturated heterocycles. The summed E-state index contributed by atoms with van der Waals surface area (Å²) in [5.41, 5.74) is 10.00. The number of methoxy groups -OCH3 is 3. The van der Waals surface area contributed by atoms with Crippen molar-refractivity contribution in [1.29, 1.82) is 0 Å². The van der Waals surface area contributed by atoms with E-state index in [-0.39, 0.29) is 41.1 Å². The van der Waals surface area contributed by atoms with Crippen LogP contribution in [0.4, 0.5) is 62.8 Å². The Labute approximate surface area is 601 Å². The molecule has 9 heterocycles. The number of alkyl halides is 9. The van der Waals surface area contributed by atoms with Gasteiger partial charge in [0.25, 0.3) is 0 Å². The molecule has 3 N–H and O–H groups in total. The maximum atomic E-state index is 12.8. The predicted molar refractivity (Wildman–Crippen MR) is 362 cm³/mol. The third-order valence-electron chi connectivity index (χ3n) is 16.7. The highest BCUT2D eigenvalue weighted by atomic mass is 19.4. The number of aromatic nitrogens is 12. The van der Waals surface area contributed by atoms with Gasteiger partial charge in [0, 0.05) is 79.2 Å². The fourth-order valence-electron chi connectivity index (χ4n) is 12.0. The second kappa shape index (κ2) is 37.5.